The van der Waals surface area contributed by atoms with Crippen molar-refractivity contribution in [3.8, 4) is 0 Å². The summed E-state index contributed by atoms with van der Waals surface area (Å²) in [4.78, 5) is 29.0. The summed E-state index contributed by atoms with van der Waals surface area (Å²) in [5, 5.41) is 10.9. The van der Waals surface area contributed by atoms with Crippen LogP contribution in [0.4, 0.5) is 11.4 Å². The average molecular weight is 399 g/mol. The van der Waals surface area contributed by atoms with Crippen molar-refractivity contribution in [2.45, 2.75) is 37.4 Å². The highest BCUT2D eigenvalue weighted by Gasteiger charge is 2.49. The number of likely N-dealkylation sites (tertiary alicyclic amines) is 1. The summed E-state index contributed by atoms with van der Waals surface area (Å²) in [7, 11) is 0. The molecule has 10 nitrogen and oxygen atoms in total. The maximum atomic E-state index is 13.4. The number of nitrogens with zero attached hydrogens (tertiary/aromatic N) is 4. The number of ether oxygens (including phenoxy) is 1. The Bertz CT molecular complexity index is 893. The van der Waals surface area contributed by atoms with E-state index in [0.717, 1.165) is 0 Å². The molecule has 1 atom stereocenters. The highest BCUT2D eigenvalue weighted by Crippen LogP contribution is 2.39. The smallest absolute Gasteiger partial charge is 0.256 e. The van der Waals surface area contributed by atoms with Crippen molar-refractivity contribution in [1.82, 2.24) is 25.2 Å². The summed E-state index contributed by atoms with van der Waals surface area (Å²) < 4.78 is 5.53. The molecular formula is C19H25N7O3. The minimum absolute atomic E-state index is 0.0374. The standard InChI is InChI=1S/C19H25N7O3/c20-15-3-1-2-14(17(15)21)18(28)25-11-13(10-19(25)4-8-29-9-5-19)24-16(27)12-26-22-6-7-23-26/h1-3,6-7,13H,4-5,8-12,20-21H2,(H,24,27). The number of anilines is 2. The van der Waals surface area contributed by atoms with Crippen LogP contribution in [0.5, 0.6) is 0 Å². The SMILES string of the molecule is Nc1cccc(C(=O)N2CC(NC(=O)Cn3nccn3)CC23CCOCC3)c1N. The second-order valence-corrected chi connectivity index (χ2v) is 7.59. The van der Waals surface area contributed by atoms with Crippen molar-refractivity contribution >= 4 is 23.2 Å². The first kappa shape index (κ1) is 19.2. The van der Waals surface area contributed by atoms with Gasteiger partial charge in [0.05, 0.1) is 29.3 Å². The van der Waals surface area contributed by atoms with Gasteiger partial charge in [0.2, 0.25) is 5.91 Å². The highest BCUT2D eigenvalue weighted by molar-refractivity contribution is 6.02. The number of nitrogen functional groups attached to an aromatic ring is 2. The zero-order valence-electron chi connectivity index (χ0n) is 16.1. The van der Waals surface area contributed by atoms with E-state index in [1.165, 1.54) is 17.2 Å². The molecule has 2 aromatic rings. The monoisotopic (exact) mass is 399 g/mol. The molecule has 0 aliphatic carbocycles. The number of amides is 2. The van der Waals surface area contributed by atoms with E-state index in [2.05, 4.69) is 15.5 Å². The van der Waals surface area contributed by atoms with Crippen LogP contribution >= 0.6 is 0 Å². The molecule has 1 spiro atoms. The number of nitrogens with two attached hydrogens (primary N) is 2. The molecule has 5 N–H and O–H groups in total. The van der Waals surface area contributed by atoms with Crippen LogP contribution < -0.4 is 16.8 Å². The number of carbonyl (C=O) groups is 2. The maximum Gasteiger partial charge on any atom is 0.256 e. The summed E-state index contributed by atoms with van der Waals surface area (Å²) in [6, 6.07) is 4.92. The quantitative estimate of drug-likeness (QED) is 0.616. The van der Waals surface area contributed by atoms with Gasteiger partial charge in [-0.25, -0.2) is 0 Å². The molecule has 1 aromatic carbocycles. The first-order valence-corrected chi connectivity index (χ1v) is 9.66. The minimum atomic E-state index is -0.367. The van der Waals surface area contributed by atoms with E-state index in [4.69, 9.17) is 16.2 Å². The van der Waals surface area contributed by atoms with Crippen LogP contribution in [0.3, 0.4) is 0 Å². The van der Waals surface area contributed by atoms with Crippen molar-refractivity contribution in [3.05, 3.63) is 36.2 Å². The Morgan fingerprint density at radius 3 is 2.66 bits per heavy atom. The molecule has 29 heavy (non-hydrogen) atoms. The van der Waals surface area contributed by atoms with Gasteiger partial charge in [0.25, 0.3) is 5.91 Å². The minimum Gasteiger partial charge on any atom is -0.397 e. The van der Waals surface area contributed by atoms with E-state index in [9.17, 15) is 9.59 Å². The number of aromatic nitrogens is 3. The molecule has 10 heteroatoms. The van der Waals surface area contributed by atoms with E-state index in [1.807, 2.05) is 4.90 Å². The molecule has 2 fully saturated rings. The van der Waals surface area contributed by atoms with Gasteiger partial charge in [-0.2, -0.15) is 15.0 Å². The molecular weight excluding hydrogens is 374 g/mol. The Morgan fingerprint density at radius 2 is 1.93 bits per heavy atom. The molecule has 3 heterocycles. The van der Waals surface area contributed by atoms with Crippen LogP contribution in [0.15, 0.2) is 30.6 Å². The van der Waals surface area contributed by atoms with Crippen molar-refractivity contribution in [2.24, 2.45) is 0 Å². The Balaban J connectivity index is 1.54. The van der Waals surface area contributed by atoms with E-state index >= 15 is 0 Å². The maximum absolute atomic E-state index is 13.4. The normalized spacial score (nSPS) is 20.7. The topological polar surface area (TPSA) is 141 Å². The number of benzene rings is 1. The molecule has 154 valence electrons. The molecule has 0 saturated carbocycles. The zero-order chi connectivity index (χ0) is 20.4. The fraction of sp³-hybridized carbons (Fsp3) is 0.474. The number of rotatable bonds is 4. The Hall–Kier alpha value is -3.14. The van der Waals surface area contributed by atoms with Crippen LogP contribution in [0.2, 0.25) is 0 Å². The molecule has 2 aliphatic heterocycles. The highest BCUT2D eigenvalue weighted by atomic mass is 16.5. The molecule has 0 radical (unpaired) electrons. The number of hydrogen-bond acceptors (Lipinski definition) is 7. The van der Waals surface area contributed by atoms with Gasteiger partial charge in [-0.05, 0) is 31.4 Å². The van der Waals surface area contributed by atoms with Crippen LogP contribution in [0, 0.1) is 0 Å². The second-order valence-electron chi connectivity index (χ2n) is 7.59. The third-order valence-corrected chi connectivity index (χ3v) is 5.76. The molecule has 1 unspecified atom stereocenters. The second kappa shape index (κ2) is 7.70. The van der Waals surface area contributed by atoms with Gasteiger partial charge in [0, 0.05) is 31.3 Å². The fourth-order valence-corrected chi connectivity index (χ4v) is 4.31. The van der Waals surface area contributed by atoms with Gasteiger partial charge in [-0.3, -0.25) is 9.59 Å². The number of carbonyl (C=O) groups excluding carboxylic acids is 2. The van der Waals surface area contributed by atoms with Gasteiger partial charge < -0.3 is 26.4 Å². The summed E-state index contributed by atoms with van der Waals surface area (Å²) in [5.41, 5.74) is 12.7. The molecule has 4 rings (SSSR count). The summed E-state index contributed by atoms with van der Waals surface area (Å²) in [6.45, 7) is 1.60. The first-order chi connectivity index (χ1) is 14.0. The Morgan fingerprint density at radius 1 is 1.21 bits per heavy atom. The van der Waals surface area contributed by atoms with Gasteiger partial charge in [-0.1, -0.05) is 6.07 Å². The molecule has 1 aromatic heterocycles. The van der Waals surface area contributed by atoms with Gasteiger partial charge >= 0.3 is 0 Å². The summed E-state index contributed by atoms with van der Waals surface area (Å²) in [5.74, 6) is -0.353. The fourth-order valence-electron chi connectivity index (χ4n) is 4.31. The van der Waals surface area contributed by atoms with Crippen LogP contribution in [-0.2, 0) is 16.1 Å². The zero-order valence-corrected chi connectivity index (χ0v) is 16.1. The lowest BCUT2D eigenvalue weighted by Crippen LogP contribution is -2.50. The van der Waals surface area contributed by atoms with Crippen molar-refractivity contribution in [1.29, 1.82) is 0 Å². The van der Waals surface area contributed by atoms with E-state index < -0.39 is 0 Å². The Labute approximate surface area is 168 Å². The van der Waals surface area contributed by atoms with Gasteiger partial charge in [-0.15, -0.1) is 0 Å². The number of nitrogens with one attached hydrogen (secondary N) is 1. The molecule has 0 bridgehead atoms. The number of para-hydroxylation sites is 1. The largest absolute Gasteiger partial charge is 0.397 e. The lowest BCUT2D eigenvalue weighted by atomic mass is 9.86. The van der Waals surface area contributed by atoms with Crippen molar-refractivity contribution in [2.75, 3.05) is 31.2 Å². The first-order valence-electron chi connectivity index (χ1n) is 9.66. The third kappa shape index (κ3) is 3.75. The van der Waals surface area contributed by atoms with Crippen LogP contribution in [-0.4, -0.2) is 63.0 Å². The van der Waals surface area contributed by atoms with Gasteiger partial charge in [0.15, 0.2) is 0 Å². The molecule has 2 saturated heterocycles. The van der Waals surface area contributed by atoms with Crippen molar-refractivity contribution < 1.29 is 14.3 Å². The van der Waals surface area contributed by atoms with Crippen LogP contribution in [0.1, 0.15) is 29.6 Å². The third-order valence-electron chi connectivity index (χ3n) is 5.76. The predicted molar refractivity (Wildman–Crippen MR) is 106 cm³/mol. The predicted octanol–water partition coefficient (Wildman–Crippen LogP) is 0.0226. The van der Waals surface area contributed by atoms with Crippen molar-refractivity contribution in [3.63, 3.8) is 0 Å². The molecule has 2 amide bonds. The molecule has 2 aliphatic rings. The average Bonchev–Trinajstić information content (AvgIpc) is 3.32. The lowest BCUT2D eigenvalue weighted by Gasteiger charge is -2.41. The van der Waals surface area contributed by atoms with Crippen LogP contribution in [0.25, 0.3) is 0 Å². The Kier molecular flexibility index (Phi) is 5.10. The summed E-state index contributed by atoms with van der Waals surface area (Å²) in [6.07, 6.45) is 5.15. The van der Waals surface area contributed by atoms with Gasteiger partial charge in [0.1, 0.15) is 6.54 Å². The van der Waals surface area contributed by atoms with E-state index in [-0.39, 0.29) is 35.6 Å². The van der Waals surface area contributed by atoms with E-state index in [1.54, 1.807) is 18.2 Å². The van der Waals surface area contributed by atoms with E-state index in [0.29, 0.717) is 50.3 Å². The lowest BCUT2D eigenvalue weighted by molar-refractivity contribution is -0.122. The number of hydrogen-bond donors (Lipinski definition) is 3. The summed E-state index contributed by atoms with van der Waals surface area (Å²) >= 11 is 0.